The lowest BCUT2D eigenvalue weighted by molar-refractivity contribution is 0.0699. The van der Waals surface area contributed by atoms with E-state index in [9.17, 15) is 9.90 Å². The van der Waals surface area contributed by atoms with Gasteiger partial charge in [0.05, 0.1) is 11.1 Å². The number of carboxylic acid groups (broad SMARTS) is 1. The van der Waals surface area contributed by atoms with E-state index < -0.39 is 5.97 Å². The Bertz CT molecular complexity index is 582. The summed E-state index contributed by atoms with van der Waals surface area (Å²) in [4.78, 5) is 11.2. The molecule has 0 bridgehead atoms. The average Bonchev–Trinajstić information content (AvgIpc) is 3.00. The summed E-state index contributed by atoms with van der Waals surface area (Å²) < 4.78 is 1.83. The number of hydrogen-bond acceptors (Lipinski definition) is 2. The maximum Gasteiger partial charge on any atom is 0.336 e. The SMILES string of the molecule is Cn1nc2cccc(C(=O)O)c2c1C1CC1. The smallest absolute Gasteiger partial charge is 0.336 e. The van der Waals surface area contributed by atoms with Crippen LogP contribution in [-0.2, 0) is 7.05 Å². The lowest BCUT2D eigenvalue weighted by Gasteiger charge is -2.01. The van der Waals surface area contributed by atoms with Crippen molar-refractivity contribution in [3.05, 3.63) is 29.5 Å². The first kappa shape index (κ1) is 9.39. The minimum absolute atomic E-state index is 0.368. The number of carboxylic acids is 1. The molecule has 0 spiro atoms. The largest absolute Gasteiger partial charge is 0.478 e. The van der Waals surface area contributed by atoms with Gasteiger partial charge in [-0.1, -0.05) is 6.07 Å². The van der Waals surface area contributed by atoms with Crippen molar-refractivity contribution in [3.8, 4) is 0 Å². The van der Waals surface area contributed by atoms with Crippen LogP contribution in [-0.4, -0.2) is 20.9 Å². The molecule has 1 aromatic carbocycles. The summed E-state index contributed by atoms with van der Waals surface area (Å²) >= 11 is 0. The third-order valence-electron chi connectivity index (χ3n) is 3.10. The van der Waals surface area contributed by atoms with Gasteiger partial charge in [-0.3, -0.25) is 4.68 Å². The summed E-state index contributed by atoms with van der Waals surface area (Å²) in [6, 6.07) is 5.27. The van der Waals surface area contributed by atoms with E-state index in [4.69, 9.17) is 0 Å². The van der Waals surface area contributed by atoms with Gasteiger partial charge < -0.3 is 5.11 Å². The van der Waals surface area contributed by atoms with Gasteiger partial charge in [-0.15, -0.1) is 0 Å². The first-order chi connectivity index (χ1) is 7.68. The molecule has 2 aromatic rings. The molecule has 1 heterocycles. The molecule has 16 heavy (non-hydrogen) atoms. The second-order valence-electron chi connectivity index (χ2n) is 4.29. The summed E-state index contributed by atoms with van der Waals surface area (Å²) in [6.45, 7) is 0. The molecule has 1 aromatic heterocycles. The van der Waals surface area contributed by atoms with Gasteiger partial charge in [0.15, 0.2) is 0 Å². The second kappa shape index (κ2) is 3.07. The number of rotatable bonds is 2. The number of hydrogen-bond donors (Lipinski definition) is 1. The summed E-state index contributed by atoms with van der Waals surface area (Å²) in [5.74, 6) is -0.379. The first-order valence-electron chi connectivity index (χ1n) is 5.37. The van der Waals surface area contributed by atoms with Crippen molar-refractivity contribution in [1.82, 2.24) is 9.78 Å². The van der Waals surface area contributed by atoms with E-state index in [0.717, 1.165) is 29.4 Å². The van der Waals surface area contributed by atoms with Crippen LogP contribution in [0.15, 0.2) is 18.2 Å². The minimum Gasteiger partial charge on any atom is -0.478 e. The monoisotopic (exact) mass is 216 g/mol. The highest BCUT2D eigenvalue weighted by atomic mass is 16.4. The molecule has 0 atom stereocenters. The van der Waals surface area contributed by atoms with Crippen molar-refractivity contribution in [2.45, 2.75) is 18.8 Å². The molecule has 0 amide bonds. The van der Waals surface area contributed by atoms with Gasteiger partial charge in [0.1, 0.15) is 0 Å². The zero-order chi connectivity index (χ0) is 11.3. The van der Waals surface area contributed by atoms with E-state index in [-0.39, 0.29) is 0 Å². The fourth-order valence-corrected chi connectivity index (χ4v) is 2.27. The van der Waals surface area contributed by atoms with Crippen LogP contribution in [0.5, 0.6) is 0 Å². The molecular formula is C12H12N2O2. The quantitative estimate of drug-likeness (QED) is 0.836. The highest BCUT2D eigenvalue weighted by molar-refractivity contribution is 6.04. The van der Waals surface area contributed by atoms with Crippen molar-refractivity contribution in [2.24, 2.45) is 7.05 Å². The number of aryl methyl sites for hydroxylation is 1. The lowest BCUT2D eigenvalue weighted by atomic mass is 10.1. The molecule has 1 N–H and O–H groups in total. The third-order valence-corrected chi connectivity index (χ3v) is 3.10. The Morgan fingerprint density at radius 2 is 2.25 bits per heavy atom. The molecule has 4 heteroatoms. The predicted molar refractivity (Wildman–Crippen MR) is 59.6 cm³/mol. The topological polar surface area (TPSA) is 55.1 Å². The summed E-state index contributed by atoms with van der Waals surface area (Å²) in [5.41, 5.74) is 2.23. The van der Waals surface area contributed by atoms with Crippen LogP contribution in [0.4, 0.5) is 0 Å². The van der Waals surface area contributed by atoms with Gasteiger partial charge in [-0.05, 0) is 25.0 Å². The molecule has 4 nitrogen and oxygen atoms in total. The molecule has 0 saturated heterocycles. The van der Waals surface area contributed by atoms with Crippen LogP contribution in [0.25, 0.3) is 10.9 Å². The Kier molecular flexibility index (Phi) is 1.80. The van der Waals surface area contributed by atoms with Crippen molar-refractivity contribution >= 4 is 16.9 Å². The second-order valence-corrected chi connectivity index (χ2v) is 4.29. The Labute approximate surface area is 92.5 Å². The molecule has 1 aliphatic carbocycles. The Hall–Kier alpha value is -1.84. The maximum absolute atomic E-state index is 11.2. The molecule has 1 saturated carbocycles. The van der Waals surface area contributed by atoms with E-state index in [2.05, 4.69) is 5.10 Å². The number of aromatic nitrogens is 2. The summed E-state index contributed by atoms with van der Waals surface area (Å²) in [7, 11) is 1.89. The van der Waals surface area contributed by atoms with Crippen molar-refractivity contribution < 1.29 is 9.90 Å². The van der Waals surface area contributed by atoms with Crippen LogP contribution >= 0.6 is 0 Å². The average molecular weight is 216 g/mol. The van der Waals surface area contributed by atoms with Gasteiger partial charge in [-0.2, -0.15) is 5.10 Å². The molecule has 82 valence electrons. The molecule has 1 aliphatic rings. The van der Waals surface area contributed by atoms with Crippen LogP contribution in [0.2, 0.25) is 0 Å². The number of fused-ring (bicyclic) bond motifs is 1. The van der Waals surface area contributed by atoms with E-state index in [1.54, 1.807) is 12.1 Å². The number of nitrogens with zero attached hydrogens (tertiary/aromatic N) is 2. The van der Waals surface area contributed by atoms with Gasteiger partial charge in [0, 0.05) is 24.0 Å². The predicted octanol–water partition coefficient (Wildman–Crippen LogP) is 2.15. The summed E-state index contributed by atoms with van der Waals surface area (Å²) in [5, 5.41) is 14.4. The van der Waals surface area contributed by atoms with Crippen molar-refractivity contribution in [3.63, 3.8) is 0 Å². The van der Waals surface area contributed by atoms with Crippen LogP contribution < -0.4 is 0 Å². The first-order valence-corrected chi connectivity index (χ1v) is 5.37. The zero-order valence-electron chi connectivity index (χ0n) is 8.97. The molecule has 0 unspecified atom stereocenters. The number of aromatic carboxylic acids is 1. The van der Waals surface area contributed by atoms with E-state index >= 15 is 0 Å². The highest BCUT2D eigenvalue weighted by Gasteiger charge is 2.30. The highest BCUT2D eigenvalue weighted by Crippen LogP contribution is 2.43. The van der Waals surface area contributed by atoms with Gasteiger partial charge >= 0.3 is 5.97 Å². The van der Waals surface area contributed by atoms with E-state index in [0.29, 0.717) is 11.5 Å². The van der Waals surface area contributed by atoms with E-state index in [1.807, 2.05) is 17.8 Å². The summed E-state index contributed by atoms with van der Waals surface area (Å²) in [6.07, 6.45) is 2.28. The minimum atomic E-state index is -0.875. The van der Waals surface area contributed by atoms with Gasteiger partial charge in [0.2, 0.25) is 0 Å². The fourth-order valence-electron chi connectivity index (χ4n) is 2.27. The third kappa shape index (κ3) is 1.23. The maximum atomic E-state index is 11.2. The zero-order valence-corrected chi connectivity index (χ0v) is 8.97. The molecule has 0 radical (unpaired) electrons. The normalized spacial score (nSPS) is 15.6. The van der Waals surface area contributed by atoms with Gasteiger partial charge in [-0.25, -0.2) is 4.79 Å². The standard InChI is InChI=1S/C12H12N2O2/c1-14-11(7-5-6-7)10-8(12(15)16)3-2-4-9(10)13-14/h2-4,7H,5-6H2,1H3,(H,15,16). The molecular weight excluding hydrogens is 204 g/mol. The Morgan fingerprint density at radius 1 is 1.50 bits per heavy atom. The number of carbonyl (C=O) groups is 1. The van der Waals surface area contributed by atoms with Crippen molar-refractivity contribution in [2.75, 3.05) is 0 Å². The van der Waals surface area contributed by atoms with Crippen LogP contribution in [0, 0.1) is 0 Å². The molecule has 3 rings (SSSR count). The molecule has 1 fully saturated rings. The Balaban J connectivity index is 2.38. The van der Waals surface area contributed by atoms with Gasteiger partial charge in [0.25, 0.3) is 0 Å². The van der Waals surface area contributed by atoms with E-state index in [1.165, 1.54) is 0 Å². The fraction of sp³-hybridized carbons (Fsp3) is 0.333. The van der Waals surface area contributed by atoms with Crippen LogP contribution in [0.1, 0.15) is 34.8 Å². The number of benzene rings is 1. The van der Waals surface area contributed by atoms with Crippen LogP contribution in [0.3, 0.4) is 0 Å². The Morgan fingerprint density at radius 3 is 2.88 bits per heavy atom. The molecule has 0 aliphatic heterocycles. The van der Waals surface area contributed by atoms with Crippen molar-refractivity contribution in [1.29, 1.82) is 0 Å². The lowest BCUT2D eigenvalue weighted by Crippen LogP contribution is -2.00.